The van der Waals surface area contributed by atoms with Crippen LogP contribution in [0, 0.1) is 0 Å². The van der Waals surface area contributed by atoms with Gasteiger partial charge in [0.2, 0.25) is 0 Å². The van der Waals surface area contributed by atoms with Crippen LogP contribution in [0.15, 0.2) is 210 Å². The second-order valence-corrected chi connectivity index (χ2v) is 16.1. The van der Waals surface area contributed by atoms with E-state index in [1.165, 1.54) is 16.2 Å². The van der Waals surface area contributed by atoms with Crippen LogP contribution in [0.1, 0.15) is 11.1 Å². The van der Waals surface area contributed by atoms with Gasteiger partial charge in [-0.15, -0.1) is 0 Å². The largest absolute Gasteiger partial charge is 0.454 e. The second kappa shape index (κ2) is 14.0. The lowest BCUT2D eigenvalue weighted by atomic mass is 10.0. The van der Waals surface area contributed by atoms with E-state index >= 15 is 0 Å². The van der Waals surface area contributed by atoms with Crippen LogP contribution >= 0.6 is 0 Å². The topological polar surface area (TPSA) is 73.2 Å². The lowest BCUT2D eigenvalue weighted by Gasteiger charge is -2.16. The average Bonchev–Trinajstić information content (AvgIpc) is 4.01. The van der Waals surface area contributed by atoms with Crippen molar-refractivity contribution in [2.45, 2.75) is 0 Å². The molecule has 0 atom stereocenters. The summed E-state index contributed by atoms with van der Waals surface area (Å²) < 4.78 is 10.8. The molecule has 7 heteroatoms. The van der Waals surface area contributed by atoms with E-state index in [1.54, 1.807) is 0 Å². The highest BCUT2D eigenvalue weighted by molar-refractivity contribution is 6.15. The molecule has 0 fully saturated rings. The zero-order valence-electron chi connectivity index (χ0n) is 33.9. The first-order chi connectivity index (χ1) is 31.2. The zero-order valence-corrected chi connectivity index (χ0v) is 33.9. The Morgan fingerprint density at radius 1 is 0.460 bits per heavy atom. The van der Waals surface area contributed by atoms with Crippen LogP contribution in [0.25, 0.3) is 105 Å². The number of nitrogens with one attached hydrogen (secondary N) is 1. The highest BCUT2D eigenvalue weighted by atomic mass is 16.3. The molecule has 7 nitrogen and oxygen atoms in total. The molecule has 5 aromatic heterocycles. The third-order valence-electron chi connectivity index (χ3n) is 12.4. The first-order valence-electron chi connectivity index (χ1n) is 21.2. The van der Waals surface area contributed by atoms with E-state index in [0.29, 0.717) is 6.54 Å². The maximum absolute atomic E-state index is 6.12. The van der Waals surface area contributed by atoms with Gasteiger partial charge in [-0.2, -0.15) is 0 Å². The number of para-hydroxylation sites is 2. The number of rotatable bonds is 6. The van der Waals surface area contributed by atoms with E-state index in [-0.39, 0.29) is 0 Å². The lowest BCUT2D eigenvalue weighted by molar-refractivity contribution is 0.668. The van der Waals surface area contributed by atoms with Gasteiger partial charge in [0.05, 0.1) is 45.7 Å². The van der Waals surface area contributed by atoms with E-state index in [0.717, 1.165) is 106 Å². The van der Waals surface area contributed by atoms with E-state index in [4.69, 9.17) is 14.4 Å². The Balaban J connectivity index is 0.928. The summed E-state index contributed by atoms with van der Waals surface area (Å²) in [6, 6.07) is 66.3. The first kappa shape index (κ1) is 35.2. The summed E-state index contributed by atoms with van der Waals surface area (Å²) in [4.78, 5) is 15.4. The van der Waals surface area contributed by atoms with Crippen molar-refractivity contribution in [2.24, 2.45) is 4.99 Å². The smallest absolute Gasteiger partial charge is 0.153 e. The minimum atomic E-state index is 0.617. The predicted molar refractivity (Wildman–Crippen MR) is 258 cm³/mol. The van der Waals surface area contributed by atoms with Gasteiger partial charge >= 0.3 is 0 Å². The highest BCUT2D eigenvalue weighted by Gasteiger charge is 2.20. The molecule has 0 amide bonds. The Bertz CT molecular complexity index is 3800. The molecule has 6 heterocycles. The monoisotopic (exact) mass is 808 g/mol. The lowest BCUT2D eigenvalue weighted by Crippen LogP contribution is -2.23. The van der Waals surface area contributed by atoms with Gasteiger partial charge < -0.3 is 14.3 Å². The Morgan fingerprint density at radius 3 is 2.02 bits per heavy atom. The number of fused-ring (bicyclic) bond motifs is 9. The normalized spacial score (nSPS) is 13.0. The molecule has 0 saturated heterocycles. The van der Waals surface area contributed by atoms with Crippen molar-refractivity contribution in [1.29, 1.82) is 0 Å². The Labute approximate surface area is 361 Å². The Morgan fingerprint density at radius 2 is 1.17 bits per heavy atom. The number of hydrogen-bond donors (Lipinski definition) is 1. The molecule has 0 bridgehead atoms. The summed E-state index contributed by atoms with van der Waals surface area (Å²) in [7, 11) is 0. The molecule has 7 aromatic carbocycles. The fourth-order valence-electron chi connectivity index (χ4n) is 9.49. The van der Waals surface area contributed by atoms with Gasteiger partial charge in [-0.1, -0.05) is 115 Å². The average molecular weight is 809 g/mol. The van der Waals surface area contributed by atoms with Gasteiger partial charge in [-0.25, -0.2) is 9.98 Å². The summed E-state index contributed by atoms with van der Waals surface area (Å²) in [6.07, 6.45) is 3.85. The van der Waals surface area contributed by atoms with Crippen LogP contribution < -0.4 is 5.32 Å². The van der Waals surface area contributed by atoms with Crippen LogP contribution in [-0.2, 0) is 0 Å². The number of benzene rings is 7. The Kier molecular flexibility index (Phi) is 7.83. The predicted octanol–water partition coefficient (Wildman–Crippen LogP) is 13.3. The third-order valence-corrected chi connectivity index (χ3v) is 12.4. The number of pyridine rings is 2. The van der Waals surface area contributed by atoms with E-state index in [9.17, 15) is 0 Å². The third kappa shape index (κ3) is 5.71. The molecule has 0 saturated carbocycles. The van der Waals surface area contributed by atoms with Crippen molar-refractivity contribution < 1.29 is 4.42 Å². The summed E-state index contributed by atoms with van der Waals surface area (Å²) in [5, 5.41) is 9.26. The fraction of sp³-hybridized carbons (Fsp3) is 0.0179. The van der Waals surface area contributed by atoms with Crippen molar-refractivity contribution in [3.05, 3.63) is 212 Å². The van der Waals surface area contributed by atoms with Crippen molar-refractivity contribution in [3.8, 4) is 33.9 Å². The molecule has 0 unspecified atom stereocenters. The molecule has 1 N–H and O–H groups in total. The molecule has 0 radical (unpaired) electrons. The number of nitrogens with zero attached hydrogens (tertiary/aromatic N) is 5. The molecule has 13 rings (SSSR count). The SMILES string of the molecule is C1=C(c2ccc3c4ccccc4n(-c4cc(-c5ccccc5)cc(-c5ccccc5)n4)c3c2)N=C(c2ccc3c(c2)c2ccccc2n3-c2ccc3oc4cccnc4c3c2)CN1. The maximum atomic E-state index is 6.12. The Hall–Kier alpha value is -8.55. The fourth-order valence-corrected chi connectivity index (χ4v) is 9.49. The van der Waals surface area contributed by atoms with Gasteiger partial charge in [-0.05, 0) is 89.5 Å². The first-order valence-corrected chi connectivity index (χ1v) is 21.2. The number of hydrogen-bond acceptors (Lipinski definition) is 5. The number of furan rings is 1. The molecule has 0 spiro atoms. The molecule has 63 heavy (non-hydrogen) atoms. The van der Waals surface area contributed by atoms with Crippen LogP contribution in [-0.4, -0.2) is 31.4 Å². The van der Waals surface area contributed by atoms with Crippen LogP contribution in [0.5, 0.6) is 0 Å². The summed E-state index contributed by atoms with van der Waals surface area (Å²) in [6.45, 7) is 0.617. The van der Waals surface area contributed by atoms with E-state index in [2.05, 4.69) is 189 Å². The van der Waals surface area contributed by atoms with Crippen LogP contribution in [0.4, 0.5) is 0 Å². The molecular formula is C56H36N6O. The van der Waals surface area contributed by atoms with Gasteiger partial charge in [-0.3, -0.25) is 9.55 Å². The van der Waals surface area contributed by atoms with Gasteiger partial charge in [0.1, 0.15) is 16.9 Å². The van der Waals surface area contributed by atoms with Gasteiger partial charge in [0.15, 0.2) is 5.58 Å². The molecule has 1 aliphatic rings. The number of aromatic nitrogens is 4. The number of aliphatic imine (C=N–C) groups is 1. The van der Waals surface area contributed by atoms with Gasteiger partial charge in [0.25, 0.3) is 0 Å². The van der Waals surface area contributed by atoms with Crippen molar-refractivity contribution in [2.75, 3.05) is 6.54 Å². The molecule has 12 aromatic rings. The van der Waals surface area contributed by atoms with E-state index < -0.39 is 0 Å². The minimum Gasteiger partial charge on any atom is -0.454 e. The van der Waals surface area contributed by atoms with Crippen LogP contribution in [0.2, 0.25) is 0 Å². The van der Waals surface area contributed by atoms with Crippen LogP contribution in [0.3, 0.4) is 0 Å². The van der Waals surface area contributed by atoms with Crippen molar-refractivity contribution >= 4 is 77.1 Å². The summed E-state index contributed by atoms with van der Waals surface area (Å²) in [5.41, 5.74) is 16.2. The molecule has 296 valence electrons. The highest BCUT2D eigenvalue weighted by Crippen LogP contribution is 2.38. The minimum absolute atomic E-state index is 0.617. The summed E-state index contributed by atoms with van der Waals surface area (Å²) >= 11 is 0. The van der Waals surface area contributed by atoms with Crippen molar-refractivity contribution in [1.82, 2.24) is 24.4 Å². The van der Waals surface area contributed by atoms with E-state index in [1.807, 2.05) is 30.6 Å². The summed E-state index contributed by atoms with van der Waals surface area (Å²) in [5.74, 6) is 0.862. The molecule has 0 aliphatic carbocycles. The second-order valence-electron chi connectivity index (χ2n) is 16.1. The standard InChI is InChI=1S/C56H36N6O/c1-3-12-35(13-4-1)39-29-46(36-14-5-2-6-15-36)60-55(31-39)62-50-19-10-7-16-41(50)43-24-21-38(30-52(43)62)48-34-57-33-47(59-48)37-22-25-51-44(28-37)42-17-8-9-18-49(42)61(51)40-23-26-53-45(32-40)56-54(63-53)20-11-27-58-56/h1-32,34,57H,33H2. The maximum Gasteiger partial charge on any atom is 0.153 e. The zero-order chi connectivity index (χ0) is 41.4. The molecule has 1 aliphatic heterocycles. The van der Waals surface area contributed by atoms with Crippen molar-refractivity contribution in [3.63, 3.8) is 0 Å². The quantitative estimate of drug-likeness (QED) is 0.182. The van der Waals surface area contributed by atoms with Gasteiger partial charge in [0, 0.05) is 56.1 Å². The molecular weight excluding hydrogens is 773 g/mol.